The molecule has 0 spiro atoms. The Morgan fingerprint density at radius 3 is 2.69 bits per heavy atom. The summed E-state index contributed by atoms with van der Waals surface area (Å²) in [5, 5.41) is 14.4. The standard InChI is InChI=1S/C23H21N7OS/c1-15(2)30-22-19(12-26-30)18(10-20(28-22)21-4-3-9-32-21)23(31)25-11-16-5-7-17(8-6-16)29-14-24-13-27-29/h3-10,12-15H,11H2,1-2H3,(H,25,31). The number of hydrogen-bond donors (Lipinski definition) is 1. The number of amides is 1. The zero-order chi connectivity index (χ0) is 22.1. The van der Waals surface area contributed by atoms with Crippen molar-refractivity contribution in [2.75, 3.05) is 0 Å². The number of carbonyl (C=O) groups excluding carboxylic acids is 1. The van der Waals surface area contributed by atoms with Crippen LogP contribution in [0.4, 0.5) is 0 Å². The molecular weight excluding hydrogens is 422 g/mol. The first-order valence-corrected chi connectivity index (χ1v) is 11.1. The van der Waals surface area contributed by atoms with Gasteiger partial charge in [0.25, 0.3) is 5.91 Å². The van der Waals surface area contributed by atoms with E-state index in [0.717, 1.165) is 27.2 Å². The van der Waals surface area contributed by atoms with Gasteiger partial charge in [-0.2, -0.15) is 10.2 Å². The van der Waals surface area contributed by atoms with Crippen LogP contribution >= 0.6 is 11.3 Å². The number of nitrogens with one attached hydrogen (secondary N) is 1. The highest BCUT2D eigenvalue weighted by Crippen LogP contribution is 2.29. The molecule has 0 aliphatic rings. The molecule has 4 aromatic heterocycles. The number of pyridine rings is 1. The van der Waals surface area contributed by atoms with E-state index in [4.69, 9.17) is 4.98 Å². The highest BCUT2D eigenvalue weighted by Gasteiger charge is 2.18. The Kier molecular flexibility index (Phi) is 5.24. The molecule has 1 amide bonds. The third-order valence-corrected chi connectivity index (χ3v) is 6.04. The lowest BCUT2D eigenvalue weighted by molar-refractivity contribution is 0.0952. The molecule has 32 heavy (non-hydrogen) atoms. The van der Waals surface area contributed by atoms with Gasteiger partial charge in [0.05, 0.1) is 33.4 Å². The predicted molar refractivity (Wildman–Crippen MR) is 124 cm³/mol. The number of fused-ring (bicyclic) bond motifs is 1. The lowest BCUT2D eigenvalue weighted by Crippen LogP contribution is -2.23. The van der Waals surface area contributed by atoms with E-state index in [0.29, 0.717) is 17.8 Å². The van der Waals surface area contributed by atoms with E-state index < -0.39 is 0 Å². The molecule has 4 heterocycles. The Bertz CT molecular complexity index is 1350. The summed E-state index contributed by atoms with van der Waals surface area (Å²) in [6.07, 6.45) is 4.87. The summed E-state index contributed by atoms with van der Waals surface area (Å²) in [6.45, 7) is 4.51. The number of nitrogens with zero attached hydrogens (tertiary/aromatic N) is 6. The fourth-order valence-corrected chi connectivity index (χ4v) is 4.21. The van der Waals surface area contributed by atoms with Gasteiger partial charge in [-0.15, -0.1) is 11.3 Å². The maximum atomic E-state index is 13.2. The molecule has 0 radical (unpaired) electrons. The van der Waals surface area contributed by atoms with Crippen molar-refractivity contribution in [2.45, 2.75) is 26.4 Å². The Morgan fingerprint density at radius 2 is 2.00 bits per heavy atom. The summed E-state index contributed by atoms with van der Waals surface area (Å²) in [5.41, 5.74) is 3.97. The Labute approximate surface area is 188 Å². The van der Waals surface area contributed by atoms with E-state index in [9.17, 15) is 4.79 Å². The lowest BCUT2D eigenvalue weighted by atomic mass is 10.1. The van der Waals surface area contributed by atoms with E-state index >= 15 is 0 Å². The normalized spacial score (nSPS) is 11.3. The number of aromatic nitrogens is 6. The van der Waals surface area contributed by atoms with Crippen molar-refractivity contribution in [1.29, 1.82) is 0 Å². The van der Waals surface area contributed by atoms with Gasteiger partial charge in [0, 0.05) is 12.6 Å². The number of thiophene rings is 1. The molecule has 9 heteroatoms. The van der Waals surface area contributed by atoms with Crippen LogP contribution in [-0.2, 0) is 6.54 Å². The second kappa shape index (κ2) is 8.35. The van der Waals surface area contributed by atoms with Crippen LogP contribution in [0.15, 0.2) is 66.7 Å². The van der Waals surface area contributed by atoms with Gasteiger partial charge in [0.15, 0.2) is 5.65 Å². The first kappa shape index (κ1) is 20.1. The van der Waals surface area contributed by atoms with Gasteiger partial charge in [-0.25, -0.2) is 19.3 Å². The molecule has 0 aliphatic carbocycles. The summed E-state index contributed by atoms with van der Waals surface area (Å²) in [4.78, 5) is 23.0. The first-order chi connectivity index (χ1) is 15.6. The molecule has 0 bridgehead atoms. The van der Waals surface area contributed by atoms with Gasteiger partial charge in [0.2, 0.25) is 0 Å². The van der Waals surface area contributed by atoms with Crippen molar-refractivity contribution in [3.05, 3.63) is 77.8 Å². The van der Waals surface area contributed by atoms with Crippen LogP contribution in [0.5, 0.6) is 0 Å². The zero-order valence-electron chi connectivity index (χ0n) is 17.6. The van der Waals surface area contributed by atoms with Crippen LogP contribution in [0, 0.1) is 0 Å². The monoisotopic (exact) mass is 443 g/mol. The Balaban J connectivity index is 1.42. The van der Waals surface area contributed by atoms with Crippen molar-refractivity contribution in [3.8, 4) is 16.3 Å². The molecule has 8 nitrogen and oxygen atoms in total. The van der Waals surface area contributed by atoms with Gasteiger partial charge < -0.3 is 5.32 Å². The second-order valence-electron chi connectivity index (χ2n) is 7.64. The molecule has 5 aromatic rings. The van der Waals surface area contributed by atoms with E-state index in [-0.39, 0.29) is 11.9 Å². The average Bonchev–Trinajstić information content (AvgIpc) is 3.58. The Hall–Kier alpha value is -3.85. The minimum absolute atomic E-state index is 0.137. The SMILES string of the molecule is CC(C)n1ncc2c(C(=O)NCc3ccc(-n4cncn4)cc3)cc(-c3cccs3)nc21. The quantitative estimate of drug-likeness (QED) is 0.424. The third kappa shape index (κ3) is 3.78. The molecule has 0 unspecified atom stereocenters. The minimum Gasteiger partial charge on any atom is -0.348 e. The highest BCUT2D eigenvalue weighted by atomic mass is 32.1. The first-order valence-electron chi connectivity index (χ1n) is 10.2. The van der Waals surface area contributed by atoms with Gasteiger partial charge in [-0.3, -0.25) is 4.79 Å². The molecule has 0 saturated heterocycles. The molecule has 0 atom stereocenters. The smallest absolute Gasteiger partial charge is 0.252 e. The Morgan fingerprint density at radius 1 is 1.16 bits per heavy atom. The zero-order valence-corrected chi connectivity index (χ0v) is 18.5. The van der Waals surface area contributed by atoms with Crippen molar-refractivity contribution in [3.63, 3.8) is 0 Å². The van der Waals surface area contributed by atoms with Crippen molar-refractivity contribution >= 4 is 28.3 Å². The summed E-state index contributed by atoms with van der Waals surface area (Å²) in [5.74, 6) is -0.154. The maximum Gasteiger partial charge on any atom is 0.252 e. The molecular formula is C23H21N7OS. The van der Waals surface area contributed by atoms with Crippen LogP contribution in [-0.4, -0.2) is 35.4 Å². The summed E-state index contributed by atoms with van der Waals surface area (Å²) < 4.78 is 3.54. The van der Waals surface area contributed by atoms with Crippen molar-refractivity contribution in [1.82, 2.24) is 34.8 Å². The van der Waals surface area contributed by atoms with E-state index in [2.05, 4.69) is 34.3 Å². The van der Waals surface area contributed by atoms with E-state index in [1.54, 1.807) is 28.5 Å². The maximum absolute atomic E-state index is 13.2. The van der Waals surface area contributed by atoms with Gasteiger partial charge in [-0.1, -0.05) is 18.2 Å². The van der Waals surface area contributed by atoms with Gasteiger partial charge >= 0.3 is 0 Å². The van der Waals surface area contributed by atoms with Crippen LogP contribution in [0.2, 0.25) is 0 Å². The van der Waals surface area contributed by atoms with Crippen molar-refractivity contribution < 1.29 is 4.79 Å². The third-order valence-electron chi connectivity index (χ3n) is 5.15. The number of benzene rings is 1. The van der Waals surface area contributed by atoms with Crippen LogP contribution in [0.1, 0.15) is 35.8 Å². The molecule has 1 aromatic carbocycles. The van der Waals surface area contributed by atoms with Gasteiger partial charge in [0.1, 0.15) is 12.7 Å². The topological polar surface area (TPSA) is 90.5 Å². The van der Waals surface area contributed by atoms with Crippen LogP contribution in [0.25, 0.3) is 27.3 Å². The van der Waals surface area contributed by atoms with Crippen LogP contribution in [0.3, 0.4) is 0 Å². The van der Waals surface area contributed by atoms with Crippen LogP contribution < -0.4 is 5.32 Å². The molecule has 1 N–H and O–H groups in total. The summed E-state index contributed by atoms with van der Waals surface area (Å²) in [7, 11) is 0. The fraction of sp³-hybridized carbons (Fsp3) is 0.174. The second-order valence-corrected chi connectivity index (χ2v) is 8.59. The molecule has 0 fully saturated rings. The highest BCUT2D eigenvalue weighted by molar-refractivity contribution is 7.13. The number of rotatable bonds is 6. The molecule has 160 valence electrons. The van der Waals surface area contributed by atoms with Gasteiger partial charge in [-0.05, 0) is 49.1 Å². The molecule has 0 aliphatic heterocycles. The average molecular weight is 444 g/mol. The minimum atomic E-state index is -0.154. The molecule has 5 rings (SSSR count). The molecule has 0 saturated carbocycles. The lowest BCUT2D eigenvalue weighted by Gasteiger charge is -2.11. The number of carbonyl (C=O) groups is 1. The fourth-order valence-electron chi connectivity index (χ4n) is 3.52. The number of hydrogen-bond acceptors (Lipinski definition) is 6. The van der Waals surface area contributed by atoms with Crippen molar-refractivity contribution in [2.24, 2.45) is 0 Å². The summed E-state index contributed by atoms with van der Waals surface area (Å²) >= 11 is 1.60. The predicted octanol–water partition coefficient (Wildman–Crippen LogP) is 4.25. The summed E-state index contributed by atoms with van der Waals surface area (Å²) in [6, 6.07) is 13.8. The van der Waals surface area contributed by atoms with E-state index in [1.165, 1.54) is 6.33 Å². The van der Waals surface area contributed by atoms with E-state index in [1.807, 2.05) is 52.5 Å². The largest absolute Gasteiger partial charge is 0.348 e.